The molecule has 0 spiro atoms. The van der Waals surface area contributed by atoms with E-state index in [-0.39, 0.29) is 17.1 Å². The highest BCUT2D eigenvalue weighted by atomic mass is 16.4. The SMILES string of the molecule is CCCC(=O)c1cc(C)c(O)c(C(=O)O)c1. The molecular weight excluding hydrogens is 208 g/mol. The van der Waals surface area contributed by atoms with Crippen LogP contribution in [0.2, 0.25) is 0 Å². The smallest absolute Gasteiger partial charge is 0.339 e. The Kier molecular flexibility index (Phi) is 3.66. The molecule has 0 amide bonds. The van der Waals surface area contributed by atoms with Crippen LogP contribution in [0.5, 0.6) is 5.75 Å². The first kappa shape index (κ1) is 12.2. The Morgan fingerprint density at radius 1 is 1.31 bits per heavy atom. The molecule has 1 rings (SSSR count). The van der Waals surface area contributed by atoms with Crippen LogP contribution in [-0.4, -0.2) is 22.0 Å². The van der Waals surface area contributed by atoms with E-state index in [2.05, 4.69) is 0 Å². The van der Waals surface area contributed by atoms with Crippen LogP contribution in [0, 0.1) is 6.92 Å². The van der Waals surface area contributed by atoms with E-state index in [1.807, 2.05) is 6.92 Å². The topological polar surface area (TPSA) is 74.6 Å². The van der Waals surface area contributed by atoms with E-state index in [1.54, 1.807) is 6.92 Å². The first-order valence-corrected chi connectivity index (χ1v) is 5.07. The second-order valence-corrected chi connectivity index (χ2v) is 3.67. The lowest BCUT2D eigenvalue weighted by Gasteiger charge is -2.06. The molecular formula is C12H14O4. The summed E-state index contributed by atoms with van der Waals surface area (Å²) >= 11 is 0. The molecule has 4 heteroatoms. The zero-order valence-corrected chi connectivity index (χ0v) is 9.28. The lowest BCUT2D eigenvalue weighted by Crippen LogP contribution is -2.04. The monoisotopic (exact) mass is 222 g/mol. The number of Topliss-reactive ketones (excluding diaryl/α,β-unsaturated/α-hetero) is 1. The number of phenols is 1. The third-order valence-corrected chi connectivity index (χ3v) is 2.33. The first-order valence-electron chi connectivity index (χ1n) is 5.07. The van der Waals surface area contributed by atoms with Crippen LogP contribution in [0.15, 0.2) is 12.1 Å². The number of hydrogen-bond donors (Lipinski definition) is 2. The van der Waals surface area contributed by atoms with Gasteiger partial charge in [-0.3, -0.25) is 4.79 Å². The van der Waals surface area contributed by atoms with Crippen LogP contribution in [0.25, 0.3) is 0 Å². The van der Waals surface area contributed by atoms with Crippen molar-refractivity contribution in [2.24, 2.45) is 0 Å². The van der Waals surface area contributed by atoms with E-state index in [9.17, 15) is 14.7 Å². The quantitative estimate of drug-likeness (QED) is 0.767. The fraction of sp³-hybridized carbons (Fsp3) is 0.333. The second-order valence-electron chi connectivity index (χ2n) is 3.67. The summed E-state index contributed by atoms with van der Waals surface area (Å²) in [4.78, 5) is 22.4. The van der Waals surface area contributed by atoms with Crippen molar-refractivity contribution in [1.29, 1.82) is 0 Å². The van der Waals surface area contributed by atoms with E-state index >= 15 is 0 Å². The predicted octanol–water partition coefficient (Wildman–Crippen LogP) is 2.38. The van der Waals surface area contributed by atoms with Gasteiger partial charge in [0.2, 0.25) is 0 Å². The molecule has 0 fully saturated rings. The number of rotatable bonds is 4. The van der Waals surface area contributed by atoms with Crippen molar-refractivity contribution in [3.05, 3.63) is 28.8 Å². The summed E-state index contributed by atoms with van der Waals surface area (Å²) in [5.74, 6) is -1.61. The van der Waals surface area contributed by atoms with Crippen LogP contribution in [0.4, 0.5) is 0 Å². The van der Waals surface area contributed by atoms with E-state index in [0.29, 0.717) is 24.0 Å². The van der Waals surface area contributed by atoms with Crippen molar-refractivity contribution in [2.75, 3.05) is 0 Å². The van der Waals surface area contributed by atoms with Crippen LogP contribution in [0.1, 0.15) is 46.0 Å². The number of ketones is 1. The summed E-state index contributed by atoms with van der Waals surface area (Å²) in [7, 11) is 0. The van der Waals surface area contributed by atoms with Crippen molar-refractivity contribution in [1.82, 2.24) is 0 Å². The van der Waals surface area contributed by atoms with E-state index < -0.39 is 5.97 Å². The molecule has 0 aliphatic rings. The summed E-state index contributed by atoms with van der Waals surface area (Å²) in [6, 6.07) is 2.74. The summed E-state index contributed by atoms with van der Waals surface area (Å²) < 4.78 is 0. The van der Waals surface area contributed by atoms with Gasteiger partial charge in [0.05, 0.1) is 0 Å². The van der Waals surface area contributed by atoms with Gasteiger partial charge < -0.3 is 10.2 Å². The Hall–Kier alpha value is -1.84. The maximum absolute atomic E-state index is 11.6. The minimum Gasteiger partial charge on any atom is -0.507 e. The first-order chi connectivity index (χ1) is 7.47. The number of benzene rings is 1. The maximum Gasteiger partial charge on any atom is 0.339 e. The largest absolute Gasteiger partial charge is 0.507 e. The highest BCUT2D eigenvalue weighted by Crippen LogP contribution is 2.24. The number of hydrogen-bond acceptors (Lipinski definition) is 3. The highest BCUT2D eigenvalue weighted by molar-refractivity contribution is 6.00. The Morgan fingerprint density at radius 2 is 1.94 bits per heavy atom. The van der Waals surface area contributed by atoms with Crippen molar-refractivity contribution >= 4 is 11.8 Å². The zero-order chi connectivity index (χ0) is 12.3. The molecule has 0 aromatic heterocycles. The van der Waals surface area contributed by atoms with Gasteiger partial charge in [0.25, 0.3) is 0 Å². The van der Waals surface area contributed by atoms with E-state index in [1.165, 1.54) is 12.1 Å². The zero-order valence-electron chi connectivity index (χ0n) is 9.28. The number of aryl methyl sites for hydroxylation is 1. The average molecular weight is 222 g/mol. The fourth-order valence-electron chi connectivity index (χ4n) is 1.47. The van der Waals surface area contributed by atoms with Gasteiger partial charge in [0.1, 0.15) is 11.3 Å². The number of carboxylic acid groups (broad SMARTS) is 1. The van der Waals surface area contributed by atoms with E-state index in [0.717, 1.165) is 0 Å². The normalized spacial score (nSPS) is 10.1. The van der Waals surface area contributed by atoms with Crippen LogP contribution in [-0.2, 0) is 0 Å². The summed E-state index contributed by atoms with van der Waals surface area (Å²) in [6.07, 6.45) is 1.09. The fourth-order valence-corrected chi connectivity index (χ4v) is 1.47. The molecule has 0 radical (unpaired) electrons. The Balaban J connectivity index is 3.24. The Bertz CT molecular complexity index is 435. The molecule has 1 aromatic carbocycles. The maximum atomic E-state index is 11.6. The molecule has 2 N–H and O–H groups in total. The van der Waals surface area contributed by atoms with Gasteiger partial charge >= 0.3 is 5.97 Å². The van der Waals surface area contributed by atoms with Crippen molar-refractivity contribution in [3.63, 3.8) is 0 Å². The average Bonchev–Trinajstić information content (AvgIpc) is 2.21. The molecule has 0 saturated heterocycles. The lowest BCUT2D eigenvalue weighted by atomic mass is 10.00. The number of carboxylic acids is 1. The molecule has 0 bridgehead atoms. The lowest BCUT2D eigenvalue weighted by molar-refractivity contribution is 0.0693. The molecule has 0 aliphatic carbocycles. The molecule has 1 aromatic rings. The van der Waals surface area contributed by atoms with Gasteiger partial charge in [0, 0.05) is 12.0 Å². The third-order valence-electron chi connectivity index (χ3n) is 2.33. The number of aromatic carboxylic acids is 1. The van der Waals surface area contributed by atoms with Gasteiger partial charge in [-0.2, -0.15) is 0 Å². The number of carbonyl (C=O) groups excluding carboxylic acids is 1. The Morgan fingerprint density at radius 3 is 2.44 bits per heavy atom. The minimum atomic E-state index is -1.23. The molecule has 0 aliphatic heterocycles. The summed E-state index contributed by atoms with van der Waals surface area (Å²) in [6.45, 7) is 3.45. The van der Waals surface area contributed by atoms with E-state index in [4.69, 9.17) is 5.11 Å². The van der Waals surface area contributed by atoms with Crippen LogP contribution >= 0.6 is 0 Å². The molecule has 0 saturated carbocycles. The van der Waals surface area contributed by atoms with Gasteiger partial charge in [-0.25, -0.2) is 4.79 Å². The van der Waals surface area contributed by atoms with Gasteiger partial charge in [-0.05, 0) is 31.0 Å². The molecule has 4 nitrogen and oxygen atoms in total. The molecule has 86 valence electrons. The minimum absolute atomic E-state index is 0.104. The second kappa shape index (κ2) is 4.79. The van der Waals surface area contributed by atoms with Crippen LogP contribution < -0.4 is 0 Å². The third kappa shape index (κ3) is 2.39. The summed E-state index contributed by atoms with van der Waals surface area (Å²) in [5, 5.41) is 18.4. The van der Waals surface area contributed by atoms with Gasteiger partial charge in [-0.1, -0.05) is 6.92 Å². The van der Waals surface area contributed by atoms with Crippen molar-refractivity contribution < 1.29 is 19.8 Å². The standard InChI is InChI=1S/C12H14O4/c1-3-4-10(13)8-5-7(2)11(14)9(6-8)12(15)16/h5-6,14H,3-4H2,1-2H3,(H,15,16). The Labute approximate surface area is 93.5 Å². The summed E-state index contributed by atoms with van der Waals surface area (Å²) in [5.41, 5.74) is 0.522. The van der Waals surface area contributed by atoms with Crippen LogP contribution in [0.3, 0.4) is 0 Å². The highest BCUT2D eigenvalue weighted by Gasteiger charge is 2.16. The number of aromatic hydroxyl groups is 1. The van der Waals surface area contributed by atoms with Gasteiger partial charge in [0.15, 0.2) is 5.78 Å². The molecule has 0 heterocycles. The van der Waals surface area contributed by atoms with Gasteiger partial charge in [-0.15, -0.1) is 0 Å². The number of carbonyl (C=O) groups is 2. The van der Waals surface area contributed by atoms with Crippen molar-refractivity contribution in [3.8, 4) is 5.75 Å². The molecule has 0 atom stereocenters. The van der Waals surface area contributed by atoms with Crippen molar-refractivity contribution in [2.45, 2.75) is 26.7 Å². The molecule has 16 heavy (non-hydrogen) atoms. The predicted molar refractivity (Wildman–Crippen MR) is 59.0 cm³/mol. The molecule has 0 unspecified atom stereocenters.